The fourth-order valence-electron chi connectivity index (χ4n) is 1.67. The Morgan fingerprint density at radius 2 is 1.85 bits per heavy atom. The number of nitrogens with zero attached hydrogens (tertiary/aromatic N) is 1. The molecule has 0 unspecified atom stereocenters. The number of hydrogen-bond acceptors (Lipinski definition) is 5. The summed E-state index contributed by atoms with van der Waals surface area (Å²) in [5.41, 5.74) is 1.08. The van der Waals surface area contributed by atoms with Gasteiger partial charge in [-0.1, -0.05) is 11.6 Å². The Morgan fingerprint density at radius 1 is 1.10 bits per heavy atom. The van der Waals surface area contributed by atoms with Crippen molar-refractivity contribution in [3.05, 3.63) is 53.9 Å². The molecule has 3 aromatic rings. The van der Waals surface area contributed by atoms with Crippen molar-refractivity contribution in [2.75, 3.05) is 0 Å². The van der Waals surface area contributed by atoms with E-state index in [2.05, 4.69) is 4.98 Å². The lowest BCUT2D eigenvalue weighted by atomic mass is 10.3. The molecule has 0 fully saturated rings. The van der Waals surface area contributed by atoms with Crippen LogP contribution < -0.4 is 4.18 Å². The second kappa shape index (κ2) is 4.81. The Labute approximate surface area is 119 Å². The van der Waals surface area contributed by atoms with Crippen LogP contribution in [0.2, 0.25) is 5.02 Å². The van der Waals surface area contributed by atoms with E-state index in [4.69, 9.17) is 20.2 Å². The van der Waals surface area contributed by atoms with E-state index in [-0.39, 0.29) is 10.6 Å². The Hall–Kier alpha value is -2.05. The molecule has 1 aromatic heterocycles. The number of halogens is 1. The molecule has 0 amide bonds. The highest BCUT2D eigenvalue weighted by atomic mass is 35.5. The maximum absolute atomic E-state index is 12.1. The maximum atomic E-state index is 12.1. The molecule has 0 atom stereocenters. The fraction of sp³-hybridized carbons (Fsp3) is 0. The fourth-order valence-corrected chi connectivity index (χ4v) is 2.71. The smallest absolute Gasteiger partial charge is 0.339 e. The van der Waals surface area contributed by atoms with E-state index in [1.807, 2.05) is 0 Å². The molecule has 0 radical (unpaired) electrons. The minimum atomic E-state index is -3.90. The van der Waals surface area contributed by atoms with Crippen LogP contribution in [0, 0.1) is 0 Å². The molecule has 0 bridgehead atoms. The molecular formula is C13H8ClNO4S. The molecule has 2 aromatic carbocycles. The molecule has 7 heteroatoms. The maximum Gasteiger partial charge on any atom is 0.339 e. The van der Waals surface area contributed by atoms with Crippen molar-refractivity contribution in [3.8, 4) is 5.75 Å². The zero-order valence-corrected chi connectivity index (χ0v) is 11.6. The minimum absolute atomic E-state index is 0.0298. The third-order valence-corrected chi connectivity index (χ3v) is 4.12. The van der Waals surface area contributed by atoms with Crippen LogP contribution in [0.15, 0.2) is 58.2 Å². The first-order chi connectivity index (χ1) is 9.54. The van der Waals surface area contributed by atoms with E-state index in [9.17, 15) is 8.42 Å². The summed E-state index contributed by atoms with van der Waals surface area (Å²) in [6, 6.07) is 10.3. The van der Waals surface area contributed by atoms with Crippen LogP contribution in [0.4, 0.5) is 0 Å². The van der Waals surface area contributed by atoms with Crippen molar-refractivity contribution in [1.29, 1.82) is 0 Å². The lowest BCUT2D eigenvalue weighted by Gasteiger charge is -2.06. The molecule has 1 heterocycles. The highest BCUT2D eigenvalue weighted by Gasteiger charge is 2.17. The lowest BCUT2D eigenvalue weighted by molar-refractivity contribution is 0.486. The molecule has 3 rings (SSSR count). The van der Waals surface area contributed by atoms with Crippen molar-refractivity contribution >= 4 is 32.8 Å². The average Bonchev–Trinajstić information content (AvgIpc) is 2.86. The SMILES string of the molecule is O=S(=O)(Oc1ccc2ocnc2c1)c1ccc(Cl)cc1. The van der Waals surface area contributed by atoms with Crippen LogP contribution in [0.25, 0.3) is 11.1 Å². The van der Waals surface area contributed by atoms with Crippen molar-refractivity contribution in [2.24, 2.45) is 0 Å². The summed E-state index contributed by atoms with van der Waals surface area (Å²) >= 11 is 5.72. The Balaban J connectivity index is 1.94. The van der Waals surface area contributed by atoms with Gasteiger partial charge in [0.2, 0.25) is 0 Å². The summed E-state index contributed by atoms with van der Waals surface area (Å²) in [5.74, 6) is 0.168. The summed E-state index contributed by atoms with van der Waals surface area (Å²) in [4.78, 5) is 3.96. The van der Waals surface area contributed by atoms with Gasteiger partial charge in [-0.15, -0.1) is 0 Å². The van der Waals surface area contributed by atoms with Gasteiger partial charge in [0.1, 0.15) is 16.2 Å². The van der Waals surface area contributed by atoms with Crippen LogP contribution in [-0.4, -0.2) is 13.4 Å². The molecule has 0 N–H and O–H groups in total. The van der Waals surface area contributed by atoms with Gasteiger partial charge in [0.15, 0.2) is 12.0 Å². The number of hydrogen-bond donors (Lipinski definition) is 0. The molecule has 0 spiro atoms. The number of benzene rings is 2. The Bertz CT molecular complexity index is 855. The first kappa shape index (κ1) is 13.0. The topological polar surface area (TPSA) is 69.4 Å². The third kappa shape index (κ3) is 2.48. The van der Waals surface area contributed by atoms with Crippen molar-refractivity contribution in [2.45, 2.75) is 4.90 Å². The van der Waals surface area contributed by atoms with Gasteiger partial charge in [-0.2, -0.15) is 8.42 Å². The van der Waals surface area contributed by atoms with Crippen molar-refractivity contribution in [1.82, 2.24) is 4.98 Å². The number of aromatic nitrogens is 1. The van der Waals surface area contributed by atoms with Crippen LogP contribution in [-0.2, 0) is 10.1 Å². The van der Waals surface area contributed by atoms with Crippen LogP contribution in [0.3, 0.4) is 0 Å². The average molecular weight is 310 g/mol. The molecule has 0 saturated heterocycles. The first-order valence-corrected chi connectivity index (χ1v) is 7.36. The molecule has 5 nitrogen and oxygen atoms in total. The predicted molar refractivity (Wildman–Crippen MR) is 73.3 cm³/mol. The van der Waals surface area contributed by atoms with Gasteiger partial charge >= 0.3 is 10.1 Å². The summed E-state index contributed by atoms with van der Waals surface area (Å²) in [6.45, 7) is 0. The van der Waals surface area contributed by atoms with E-state index in [1.54, 1.807) is 6.07 Å². The molecule has 102 valence electrons. The Kier molecular flexibility index (Phi) is 3.11. The molecule has 0 saturated carbocycles. The lowest BCUT2D eigenvalue weighted by Crippen LogP contribution is -2.09. The van der Waals surface area contributed by atoms with E-state index >= 15 is 0 Å². The van der Waals surface area contributed by atoms with Gasteiger partial charge in [0.25, 0.3) is 0 Å². The summed E-state index contributed by atoms with van der Waals surface area (Å²) in [5, 5.41) is 0.452. The normalized spacial score (nSPS) is 11.7. The van der Waals surface area contributed by atoms with Crippen LogP contribution >= 0.6 is 11.6 Å². The van der Waals surface area contributed by atoms with Crippen LogP contribution in [0.1, 0.15) is 0 Å². The summed E-state index contributed by atoms with van der Waals surface area (Å²) < 4.78 is 34.3. The monoisotopic (exact) mass is 309 g/mol. The van der Waals surface area contributed by atoms with E-state index in [0.717, 1.165) is 0 Å². The van der Waals surface area contributed by atoms with Crippen molar-refractivity contribution in [3.63, 3.8) is 0 Å². The largest absolute Gasteiger partial charge is 0.443 e. The zero-order chi connectivity index (χ0) is 14.2. The minimum Gasteiger partial charge on any atom is -0.443 e. The van der Waals surface area contributed by atoms with E-state index in [1.165, 1.54) is 42.8 Å². The van der Waals surface area contributed by atoms with Gasteiger partial charge in [0.05, 0.1) is 0 Å². The van der Waals surface area contributed by atoms with Gasteiger partial charge in [-0.3, -0.25) is 0 Å². The van der Waals surface area contributed by atoms with Crippen molar-refractivity contribution < 1.29 is 17.0 Å². The number of fused-ring (bicyclic) bond motifs is 1. The highest BCUT2D eigenvalue weighted by molar-refractivity contribution is 7.87. The molecular weight excluding hydrogens is 302 g/mol. The molecule has 20 heavy (non-hydrogen) atoms. The van der Waals surface area contributed by atoms with Gasteiger partial charge in [0, 0.05) is 11.1 Å². The molecule has 0 aliphatic heterocycles. The zero-order valence-electron chi connectivity index (χ0n) is 9.99. The van der Waals surface area contributed by atoms with Gasteiger partial charge in [-0.25, -0.2) is 4.98 Å². The Morgan fingerprint density at radius 3 is 2.60 bits per heavy atom. The van der Waals surface area contributed by atoms with E-state index in [0.29, 0.717) is 16.1 Å². The van der Waals surface area contributed by atoms with E-state index < -0.39 is 10.1 Å². The number of rotatable bonds is 3. The van der Waals surface area contributed by atoms with Crippen LogP contribution in [0.5, 0.6) is 5.75 Å². The highest BCUT2D eigenvalue weighted by Crippen LogP contribution is 2.23. The van der Waals surface area contributed by atoms with Gasteiger partial charge in [-0.05, 0) is 36.4 Å². The number of oxazole rings is 1. The third-order valence-electron chi connectivity index (χ3n) is 2.61. The molecule has 0 aliphatic carbocycles. The summed E-state index contributed by atoms with van der Waals surface area (Å²) in [6.07, 6.45) is 1.28. The summed E-state index contributed by atoms with van der Waals surface area (Å²) in [7, 11) is -3.90. The predicted octanol–water partition coefficient (Wildman–Crippen LogP) is 3.25. The quantitative estimate of drug-likeness (QED) is 0.695. The second-order valence-corrected chi connectivity index (χ2v) is 5.96. The standard InChI is InChI=1S/C13H8ClNO4S/c14-9-1-4-11(5-2-9)20(16,17)19-10-3-6-13-12(7-10)15-8-18-13/h1-8H. The van der Waals surface area contributed by atoms with Gasteiger partial charge < -0.3 is 8.60 Å². The first-order valence-electron chi connectivity index (χ1n) is 5.58. The second-order valence-electron chi connectivity index (χ2n) is 3.97. The molecule has 0 aliphatic rings.